The number of carbonyl (C=O) groups is 1. The third-order valence-electron chi connectivity index (χ3n) is 4.83. The van der Waals surface area contributed by atoms with Crippen LogP contribution in [0.2, 0.25) is 0 Å². The Bertz CT molecular complexity index is 530. The Morgan fingerprint density at radius 2 is 2.32 bits per heavy atom. The summed E-state index contributed by atoms with van der Waals surface area (Å²) in [4.78, 5) is 17.3. The van der Waals surface area contributed by atoms with Gasteiger partial charge in [-0.15, -0.1) is 0 Å². The van der Waals surface area contributed by atoms with Crippen LogP contribution in [0.3, 0.4) is 0 Å². The molecule has 0 radical (unpaired) electrons. The summed E-state index contributed by atoms with van der Waals surface area (Å²) in [6.07, 6.45) is 7.21. The fraction of sp³-hybridized carbons (Fsp3) is 0.647. The molecule has 5 nitrogen and oxygen atoms in total. The number of rotatable bonds is 7. The summed E-state index contributed by atoms with van der Waals surface area (Å²) in [6, 6.07) is 2.63. The Morgan fingerprint density at radius 1 is 1.50 bits per heavy atom. The van der Waals surface area contributed by atoms with Gasteiger partial charge in [0.15, 0.2) is 0 Å². The maximum Gasteiger partial charge on any atom is 0.219 e. The normalized spacial score (nSPS) is 26.2. The van der Waals surface area contributed by atoms with Gasteiger partial charge in [0, 0.05) is 32.8 Å². The van der Waals surface area contributed by atoms with Crippen LogP contribution in [0.15, 0.2) is 18.5 Å². The molecule has 1 aromatic heterocycles. The Hall–Kier alpha value is -1.62. The number of hydrogen-bond donors (Lipinski definition) is 1. The number of pyridine rings is 1. The van der Waals surface area contributed by atoms with Gasteiger partial charge in [-0.3, -0.25) is 9.78 Å². The summed E-state index contributed by atoms with van der Waals surface area (Å²) in [5.41, 5.74) is 1.27. The van der Waals surface area contributed by atoms with Crippen LogP contribution in [-0.4, -0.2) is 48.6 Å². The molecule has 1 saturated carbocycles. The van der Waals surface area contributed by atoms with E-state index in [4.69, 9.17) is 4.74 Å². The van der Waals surface area contributed by atoms with E-state index >= 15 is 0 Å². The van der Waals surface area contributed by atoms with Crippen molar-refractivity contribution in [2.45, 2.75) is 38.1 Å². The van der Waals surface area contributed by atoms with Gasteiger partial charge in [-0.05, 0) is 49.3 Å². The fourth-order valence-corrected chi connectivity index (χ4v) is 2.90. The van der Waals surface area contributed by atoms with E-state index in [9.17, 15) is 4.79 Å². The highest BCUT2D eigenvalue weighted by Gasteiger charge is 2.38. The molecule has 1 aliphatic heterocycles. The zero-order chi connectivity index (χ0) is 15.5. The van der Waals surface area contributed by atoms with Gasteiger partial charge in [-0.2, -0.15) is 0 Å². The molecular formula is C17H25N3O2. The van der Waals surface area contributed by atoms with Crippen LogP contribution in [0.1, 0.15) is 37.7 Å². The molecule has 1 N–H and O–H groups in total. The van der Waals surface area contributed by atoms with Crippen molar-refractivity contribution in [3.8, 4) is 5.75 Å². The standard InChI is InChI=1S/C17H25N3O2/c1-12(21)20(2)6-4-13-8-17(13)14-7-16(10-18-9-14)22-11-15-3-5-19-15/h7,9-10,13,15,17,19H,3-6,8,11H2,1-2H3. The minimum absolute atomic E-state index is 0.138. The largest absolute Gasteiger partial charge is 0.490 e. The molecule has 0 aromatic carbocycles. The lowest BCUT2D eigenvalue weighted by Crippen LogP contribution is -2.46. The minimum atomic E-state index is 0.138. The van der Waals surface area contributed by atoms with Gasteiger partial charge >= 0.3 is 0 Å². The second-order valence-electron chi connectivity index (χ2n) is 6.54. The first-order chi connectivity index (χ1) is 10.6. The first kappa shape index (κ1) is 15.3. The van der Waals surface area contributed by atoms with E-state index in [-0.39, 0.29) is 5.91 Å². The van der Waals surface area contributed by atoms with Gasteiger partial charge in [-0.25, -0.2) is 0 Å². The predicted molar refractivity (Wildman–Crippen MR) is 84.9 cm³/mol. The summed E-state index contributed by atoms with van der Waals surface area (Å²) < 4.78 is 5.82. The summed E-state index contributed by atoms with van der Waals surface area (Å²) in [5, 5.41) is 3.33. The predicted octanol–water partition coefficient (Wildman–Crippen LogP) is 1.79. The molecule has 2 aliphatic rings. The average molecular weight is 303 g/mol. The summed E-state index contributed by atoms with van der Waals surface area (Å²) in [6.45, 7) is 4.28. The SMILES string of the molecule is CC(=O)N(C)CCC1CC1c1cncc(OCC2CCN2)c1. The molecule has 22 heavy (non-hydrogen) atoms. The smallest absolute Gasteiger partial charge is 0.219 e. The number of nitrogens with one attached hydrogen (secondary N) is 1. The lowest BCUT2D eigenvalue weighted by atomic mass is 10.1. The number of amides is 1. The number of aromatic nitrogens is 1. The second kappa shape index (κ2) is 6.65. The number of hydrogen-bond acceptors (Lipinski definition) is 4. The van der Waals surface area contributed by atoms with Crippen molar-refractivity contribution < 1.29 is 9.53 Å². The van der Waals surface area contributed by atoms with E-state index in [2.05, 4.69) is 16.4 Å². The average Bonchev–Trinajstić information content (AvgIpc) is 3.23. The molecule has 3 atom stereocenters. The zero-order valence-corrected chi connectivity index (χ0v) is 13.4. The highest BCUT2D eigenvalue weighted by Crippen LogP contribution is 2.49. The summed E-state index contributed by atoms with van der Waals surface area (Å²) in [7, 11) is 1.87. The first-order valence-corrected chi connectivity index (χ1v) is 8.16. The van der Waals surface area contributed by atoms with Gasteiger partial charge in [0.25, 0.3) is 0 Å². The van der Waals surface area contributed by atoms with Crippen molar-refractivity contribution in [1.29, 1.82) is 0 Å². The lowest BCUT2D eigenvalue weighted by Gasteiger charge is -2.27. The first-order valence-electron chi connectivity index (χ1n) is 8.16. The van der Waals surface area contributed by atoms with E-state index in [1.807, 2.05) is 13.2 Å². The van der Waals surface area contributed by atoms with Gasteiger partial charge in [-0.1, -0.05) is 0 Å². The molecular weight excluding hydrogens is 278 g/mol. The highest BCUT2D eigenvalue weighted by atomic mass is 16.5. The summed E-state index contributed by atoms with van der Waals surface area (Å²) in [5.74, 6) is 2.27. The van der Waals surface area contributed by atoms with Crippen molar-refractivity contribution >= 4 is 5.91 Å². The Kier molecular flexibility index (Phi) is 4.62. The molecule has 0 bridgehead atoms. The zero-order valence-electron chi connectivity index (χ0n) is 13.4. The van der Waals surface area contributed by atoms with Crippen molar-refractivity contribution in [3.05, 3.63) is 24.0 Å². The maximum atomic E-state index is 11.2. The van der Waals surface area contributed by atoms with Crippen LogP contribution in [0.4, 0.5) is 0 Å². The monoisotopic (exact) mass is 303 g/mol. The van der Waals surface area contributed by atoms with E-state index < -0.39 is 0 Å². The maximum absolute atomic E-state index is 11.2. The Morgan fingerprint density at radius 3 is 3.00 bits per heavy atom. The molecule has 1 aromatic rings. The van der Waals surface area contributed by atoms with E-state index in [0.29, 0.717) is 17.9 Å². The van der Waals surface area contributed by atoms with Crippen molar-refractivity contribution in [2.75, 3.05) is 26.7 Å². The molecule has 1 saturated heterocycles. The molecule has 5 heteroatoms. The topological polar surface area (TPSA) is 54.5 Å². The second-order valence-corrected chi connectivity index (χ2v) is 6.54. The molecule has 2 heterocycles. The Balaban J connectivity index is 1.47. The number of nitrogens with zero attached hydrogens (tertiary/aromatic N) is 2. The van der Waals surface area contributed by atoms with Gasteiger partial charge in [0.05, 0.1) is 6.20 Å². The van der Waals surface area contributed by atoms with Crippen LogP contribution >= 0.6 is 0 Å². The number of ether oxygens (including phenoxy) is 1. The third kappa shape index (κ3) is 3.77. The van der Waals surface area contributed by atoms with Crippen LogP contribution in [0.5, 0.6) is 5.75 Å². The molecule has 0 spiro atoms. The quantitative estimate of drug-likeness (QED) is 0.834. The van der Waals surface area contributed by atoms with Crippen LogP contribution in [0.25, 0.3) is 0 Å². The van der Waals surface area contributed by atoms with Crippen molar-refractivity contribution in [3.63, 3.8) is 0 Å². The highest BCUT2D eigenvalue weighted by molar-refractivity contribution is 5.72. The molecule has 120 valence electrons. The van der Waals surface area contributed by atoms with E-state index in [1.54, 1.807) is 18.0 Å². The van der Waals surface area contributed by atoms with Crippen LogP contribution in [-0.2, 0) is 4.79 Å². The molecule has 1 amide bonds. The van der Waals surface area contributed by atoms with E-state index in [1.165, 1.54) is 18.4 Å². The number of carbonyl (C=O) groups excluding carboxylic acids is 1. The lowest BCUT2D eigenvalue weighted by molar-refractivity contribution is -0.127. The molecule has 1 aliphatic carbocycles. The van der Waals surface area contributed by atoms with Crippen LogP contribution in [0, 0.1) is 5.92 Å². The van der Waals surface area contributed by atoms with Crippen molar-refractivity contribution in [2.24, 2.45) is 5.92 Å². The van der Waals surface area contributed by atoms with Gasteiger partial charge in [0.2, 0.25) is 5.91 Å². The summed E-state index contributed by atoms with van der Waals surface area (Å²) >= 11 is 0. The van der Waals surface area contributed by atoms with Gasteiger partial charge < -0.3 is 15.0 Å². The molecule has 3 rings (SSSR count). The fourth-order valence-electron chi connectivity index (χ4n) is 2.90. The van der Waals surface area contributed by atoms with E-state index in [0.717, 1.165) is 31.9 Å². The van der Waals surface area contributed by atoms with Crippen LogP contribution < -0.4 is 10.1 Å². The van der Waals surface area contributed by atoms with Crippen molar-refractivity contribution in [1.82, 2.24) is 15.2 Å². The molecule has 2 fully saturated rings. The van der Waals surface area contributed by atoms with Gasteiger partial charge in [0.1, 0.15) is 12.4 Å². The molecule has 3 unspecified atom stereocenters. The minimum Gasteiger partial charge on any atom is -0.490 e. The third-order valence-corrected chi connectivity index (χ3v) is 4.83. The Labute approximate surface area is 132 Å².